The van der Waals surface area contributed by atoms with E-state index in [0.29, 0.717) is 13.0 Å². The average Bonchev–Trinajstić information content (AvgIpc) is 2.35. The maximum absolute atomic E-state index is 11.8. The second kappa shape index (κ2) is 6.74. The molecule has 0 bridgehead atoms. The zero-order valence-corrected chi connectivity index (χ0v) is 10.4. The fourth-order valence-electron chi connectivity index (χ4n) is 1.45. The van der Waals surface area contributed by atoms with Gasteiger partial charge in [0, 0.05) is 6.54 Å². The predicted octanol–water partition coefficient (Wildman–Crippen LogP) is 2.45. The summed E-state index contributed by atoms with van der Waals surface area (Å²) in [6.07, 6.45) is 1.84. The zero-order chi connectivity index (χ0) is 12.7. The van der Waals surface area contributed by atoms with Crippen LogP contribution in [0.2, 0.25) is 0 Å². The molecule has 17 heavy (non-hydrogen) atoms. The van der Waals surface area contributed by atoms with Crippen LogP contribution in [0, 0.1) is 6.92 Å². The van der Waals surface area contributed by atoms with E-state index >= 15 is 0 Å². The molecule has 0 aliphatic rings. The summed E-state index contributed by atoms with van der Waals surface area (Å²) < 4.78 is 5.71. The second-order valence-corrected chi connectivity index (χ2v) is 3.81. The SMILES string of the molecule is C=CCNC(=O)C(CC)Oc1ccccc1C. The molecule has 0 saturated heterocycles. The smallest absolute Gasteiger partial charge is 0.261 e. The van der Waals surface area contributed by atoms with Gasteiger partial charge < -0.3 is 10.1 Å². The van der Waals surface area contributed by atoms with E-state index in [1.807, 2.05) is 38.1 Å². The van der Waals surface area contributed by atoms with Crippen LogP contribution in [0.4, 0.5) is 0 Å². The molecule has 0 saturated carbocycles. The molecule has 0 aliphatic carbocycles. The third kappa shape index (κ3) is 3.94. The molecule has 0 radical (unpaired) electrons. The van der Waals surface area contributed by atoms with E-state index in [1.165, 1.54) is 0 Å². The highest BCUT2D eigenvalue weighted by Gasteiger charge is 2.17. The molecule has 1 rings (SSSR count). The molecule has 1 N–H and O–H groups in total. The molecule has 0 aromatic heterocycles. The van der Waals surface area contributed by atoms with Gasteiger partial charge in [-0.15, -0.1) is 6.58 Å². The van der Waals surface area contributed by atoms with Crippen molar-refractivity contribution < 1.29 is 9.53 Å². The van der Waals surface area contributed by atoms with Crippen LogP contribution < -0.4 is 10.1 Å². The van der Waals surface area contributed by atoms with Crippen molar-refractivity contribution in [3.05, 3.63) is 42.5 Å². The molecule has 1 aromatic carbocycles. The van der Waals surface area contributed by atoms with Crippen molar-refractivity contribution in [2.75, 3.05) is 6.54 Å². The van der Waals surface area contributed by atoms with Gasteiger partial charge in [-0.3, -0.25) is 4.79 Å². The van der Waals surface area contributed by atoms with Gasteiger partial charge in [0.25, 0.3) is 5.91 Å². The van der Waals surface area contributed by atoms with Crippen LogP contribution in [0.25, 0.3) is 0 Å². The summed E-state index contributed by atoms with van der Waals surface area (Å²) in [5.74, 6) is 0.656. The summed E-state index contributed by atoms with van der Waals surface area (Å²) in [5, 5.41) is 2.74. The molecule has 3 heteroatoms. The molecule has 3 nitrogen and oxygen atoms in total. The van der Waals surface area contributed by atoms with Gasteiger partial charge in [-0.05, 0) is 25.0 Å². The third-order valence-corrected chi connectivity index (χ3v) is 2.45. The van der Waals surface area contributed by atoms with Crippen LogP contribution in [0.15, 0.2) is 36.9 Å². The Bertz CT molecular complexity index is 388. The number of carbonyl (C=O) groups is 1. The first kappa shape index (κ1) is 13.3. The number of hydrogen-bond donors (Lipinski definition) is 1. The van der Waals surface area contributed by atoms with E-state index in [-0.39, 0.29) is 5.91 Å². The van der Waals surface area contributed by atoms with Gasteiger partial charge in [0.2, 0.25) is 0 Å². The van der Waals surface area contributed by atoms with Gasteiger partial charge in [0.15, 0.2) is 6.10 Å². The van der Waals surface area contributed by atoms with Crippen LogP contribution in [0.1, 0.15) is 18.9 Å². The van der Waals surface area contributed by atoms with Gasteiger partial charge in [0.1, 0.15) is 5.75 Å². The first-order valence-electron chi connectivity index (χ1n) is 5.80. The summed E-state index contributed by atoms with van der Waals surface area (Å²) >= 11 is 0. The first-order valence-corrected chi connectivity index (χ1v) is 5.80. The highest BCUT2D eigenvalue weighted by molar-refractivity contribution is 5.81. The number of rotatable bonds is 6. The Balaban J connectivity index is 2.66. The van der Waals surface area contributed by atoms with Gasteiger partial charge in [0.05, 0.1) is 0 Å². The van der Waals surface area contributed by atoms with Crippen LogP contribution >= 0.6 is 0 Å². The van der Waals surface area contributed by atoms with E-state index in [2.05, 4.69) is 11.9 Å². The normalized spacial score (nSPS) is 11.6. The van der Waals surface area contributed by atoms with E-state index in [1.54, 1.807) is 6.08 Å². The van der Waals surface area contributed by atoms with Crippen molar-refractivity contribution in [1.82, 2.24) is 5.32 Å². The Morgan fingerprint density at radius 2 is 2.24 bits per heavy atom. The number of aryl methyl sites for hydroxylation is 1. The number of benzene rings is 1. The van der Waals surface area contributed by atoms with E-state index in [9.17, 15) is 4.79 Å². The van der Waals surface area contributed by atoms with Gasteiger partial charge in [-0.1, -0.05) is 31.2 Å². The lowest BCUT2D eigenvalue weighted by Crippen LogP contribution is -2.38. The summed E-state index contributed by atoms with van der Waals surface area (Å²) in [6, 6.07) is 7.68. The lowest BCUT2D eigenvalue weighted by molar-refractivity contribution is -0.127. The number of para-hydroxylation sites is 1. The Morgan fingerprint density at radius 1 is 1.53 bits per heavy atom. The maximum Gasteiger partial charge on any atom is 0.261 e. The minimum Gasteiger partial charge on any atom is -0.480 e. The van der Waals surface area contributed by atoms with E-state index in [4.69, 9.17) is 4.74 Å². The van der Waals surface area contributed by atoms with Crippen LogP contribution in [-0.4, -0.2) is 18.6 Å². The van der Waals surface area contributed by atoms with Gasteiger partial charge in [-0.25, -0.2) is 0 Å². The Labute approximate surface area is 102 Å². The molecule has 0 aliphatic heterocycles. The van der Waals surface area contributed by atoms with Crippen LogP contribution in [-0.2, 0) is 4.79 Å². The fourth-order valence-corrected chi connectivity index (χ4v) is 1.45. The average molecular weight is 233 g/mol. The third-order valence-electron chi connectivity index (χ3n) is 2.45. The molecule has 1 amide bonds. The van der Waals surface area contributed by atoms with Crippen LogP contribution in [0.3, 0.4) is 0 Å². The number of amides is 1. The van der Waals surface area contributed by atoms with Crippen molar-refractivity contribution in [2.45, 2.75) is 26.4 Å². The monoisotopic (exact) mass is 233 g/mol. The standard InChI is InChI=1S/C14H19NO2/c1-4-10-15-14(16)12(5-2)17-13-9-7-6-8-11(13)3/h4,6-9,12H,1,5,10H2,2-3H3,(H,15,16). The number of hydrogen-bond acceptors (Lipinski definition) is 2. The van der Waals surface area contributed by atoms with Crippen molar-refractivity contribution in [1.29, 1.82) is 0 Å². The molecule has 0 spiro atoms. The molecule has 1 unspecified atom stereocenters. The second-order valence-electron chi connectivity index (χ2n) is 3.81. The Kier molecular flexibility index (Phi) is 5.27. The fraction of sp³-hybridized carbons (Fsp3) is 0.357. The van der Waals surface area contributed by atoms with E-state index < -0.39 is 6.10 Å². The van der Waals surface area contributed by atoms with Crippen LogP contribution in [0.5, 0.6) is 5.75 Å². The maximum atomic E-state index is 11.8. The number of nitrogens with one attached hydrogen (secondary N) is 1. The number of ether oxygens (including phenoxy) is 1. The van der Waals surface area contributed by atoms with Crippen molar-refractivity contribution >= 4 is 5.91 Å². The van der Waals surface area contributed by atoms with E-state index in [0.717, 1.165) is 11.3 Å². The topological polar surface area (TPSA) is 38.3 Å². The van der Waals surface area contributed by atoms with Gasteiger partial charge >= 0.3 is 0 Å². The van der Waals surface area contributed by atoms with Crippen molar-refractivity contribution in [2.24, 2.45) is 0 Å². The summed E-state index contributed by atoms with van der Waals surface area (Å²) in [6.45, 7) is 7.91. The lowest BCUT2D eigenvalue weighted by atomic mass is 10.2. The summed E-state index contributed by atoms with van der Waals surface area (Å²) in [5.41, 5.74) is 1.03. The highest BCUT2D eigenvalue weighted by Crippen LogP contribution is 2.18. The minimum absolute atomic E-state index is 0.101. The molecular formula is C14H19NO2. The zero-order valence-electron chi connectivity index (χ0n) is 10.4. The quantitative estimate of drug-likeness (QED) is 0.766. The van der Waals surface area contributed by atoms with Crippen molar-refractivity contribution in [3.63, 3.8) is 0 Å². The highest BCUT2D eigenvalue weighted by atomic mass is 16.5. The van der Waals surface area contributed by atoms with Gasteiger partial charge in [-0.2, -0.15) is 0 Å². The minimum atomic E-state index is -0.448. The molecule has 1 aromatic rings. The molecular weight excluding hydrogens is 214 g/mol. The lowest BCUT2D eigenvalue weighted by Gasteiger charge is -2.18. The molecule has 1 atom stereocenters. The Morgan fingerprint density at radius 3 is 2.82 bits per heavy atom. The number of carbonyl (C=O) groups excluding carboxylic acids is 1. The molecule has 0 heterocycles. The summed E-state index contributed by atoms with van der Waals surface area (Å²) in [4.78, 5) is 11.8. The molecule has 92 valence electrons. The largest absolute Gasteiger partial charge is 0.480 e. The Hall–Kier alpha value is -1.77. The summed E-state index contributed by atoms with van der Waals surface area (Å²) in [7, 11) is 0. The predicted molar refractivity (Wildman–Crippen MR) is 69.1 cm³/mol. The van der Waals surface area contributed by atoms with Crippen molar-refractivity contribution in [3.8, 4) is 5.75 Å². The molecule has 0 fully saturated rings. The first-order chi connectivity index (χ1) is 8.19.